The van der Waals surface area contributed by atoms with Crippen LogP contribution >= 0.6 is 0 Å². The number of hydrogen-bond acceptors (Lipinski definition) is 10. The van der Waals surface area contributed by atoms with E-state index >= 15 is 0 Å². The van der Waals surface area contributed by atoms with Gasteiger partial charge in [0.15, 0.2) is 0 Å². The quantitative estimate of drug-likeness (QED) is 0.0651. The van der Waals surface area contributed by atoms with E-state index in [9.17, 15) is 38.2 Å². The molecule has 0 spiro atoms. The maximum Gasteiger partial charge on any atom is 0.420 e. The molecule has 0 aliphatic rings. The van der Waals surface area contributed by atoms with Gasteiger partial charge >= 0.3 is 24.1 Å². The molecule has 2 amide bonds. The lowest BCUT2D eigenvalue weighted by Gasteiger charge is -2.33. The summed E-state index contributed by atoms with van der Waals surface area (Å²) in [5, 5.41) is 13.8. The summed E-state index contributed by atoms with van der Waals surface area (Å²) in [6.07, 6.45) is -1.54. The van der Waals surface area contributed by atoms with Gasteiger partial charge in [-0.1, -0.05) is 48.8 Å². The highest BCUT2D eigenvalue weighted by Crippen LogP contribution is 2.36. The lowest BCUT2D eigenvalue weighted by atomic mass is 9.82. The van der Waals surface area contributed by atoms with Crippen LogP contribution in [0, 0.1) is 12.8 Å². The minimum Gasteiger partial charge on any atom is -0.481 e. The first kappa shape index (κ1) is 43.3. The zero-order chi connectivity index (χ0) is 41.1. The van der Waals surface area contributed by atoms with Crippen molar-refractivity contribution in [1.29, 1.82) is 0 Å². The normalized spacial score (nSPS) is 14.1. The van der Waals surface area contributed by atoms with Crippen molar-refractivity contribution in [2.45, 2.75) is 129 Å². The molecular weight excluding hydrogens is 719 g/mol. The summed E-state index contributed by atoms with van der Waals surface area (Å²) in [6.45, 7) is 19.7. The first-order valence-electron chi connectivity index (χ1n) is 17.4. The van der Waals surface area contributed by atoms with Crippen LogP contribution in [0.5, 0.6) is 0 Å². The second kappa shape index (κ2) is 16.1. The Balaban J connectivity index is 2.43. The molecule has 0 aliphatic carbocycles. The van der Waals surface area contributed by atoms with Crippen LogP contribution in [0.1, 0.15) is 98.8 Å². The Bertz CT molecular complexity index is 2020. The summed E-state index contributed by atoms with van der Waals surface area (Å²) < 4.78 is 46.6. The SMILES string of the molecule is Cc1ccc(S(=O)(=O)n2cc(C[C@@H](C(=O)OC(C)(C)C)N(C(=O)OC(C)(C)C)C(=O)OC(C)(C)C)c3ccc([C@@H](C(C)C)[C@H](N=[N+]=[N-])C(=O)O)cc32)cc1. The van der Waals surface area contributed by atoms with Crippen LogP contribution in [0.2, 0.25) is 0 Å². The van der Waals surface area contributed by atoms with Crippen LogP contribution in [-0.4, -0.2) is 75.4 Å². The minimum atomic E-state index is -4.35. The van der Waals surface area contributed by atoms with Gasteiger partial charge in [0.2, 0.25) is 0 Å². The van der Waals surface area contributed by atoms with Gasteiger partial charge in [-0.15, -0.1) is 0 Å². The van der Waals surface area contributed by atoms with Gasteiger partial charge in [-0.3, -0.25) is 4.79 Å². The highest BCUT2D eigenvalue weighted by atomic mass is 32.2. The zero-order valence-corrected chi connectivity index (χ0v) is 33.7. The monoisotopic (exact) mass is 769 g/mol. The molecular formula is C38H51N5O10S. The number of carboxylic acids is 1. The number of carbonyl (C=O) groups excluding carboxylic acids is 3. The second-order valence-corrected chi connectivity index (χ2v) is 18.2. The molecule has 0 saturated carbocycles. The van der Waals surface area contributed by atoms with Crippen LogP contribution < -0.4 is 0 Å². The molecule has 1 aromatic heterocycles. The Kier molecular flexibility index (Phi) is 12.9. The van der Waals surface area contributed by atoms with E-state index < -0.39 is 75.4 Å². The van der Waals surface area contributed by atoms with Crippen molar-refractivity contribution in [2.24, 2.45) is 11.0 Å². The number of nitrogens with zero attached hydrogens (tertiary/aromatic N) is 5. The standard InChI is InChI=1S/C38H51N5O10S/c1-22(2)30(31(32(44)45)40-41-39)24-15-18-27-25(21-42(28(27)19-24)54(49,50)26-16-13-23(3)14-17-26)20-29(33(46)51-36(4,5)6)43(34(47)52-37(7,8)9)35(48)53-38(10,11)12/h13-19,21-22,29-31H,20H2,1-12H3,(H,44,45)/t29-,30+,31-/m0/s1. The second-order valence-electron chi connectivity index (χ2n) is 16.4. The molecule has 294 valence electrons. The van der Waals surface area contributed by atoms with Gasteiger partial charge in [0.25, 0.3) is 10.0 Å². The number of azide groups is 1. The summed E-state index contributed by atoms with van der Waals surface area (Å²) in [7, 11) is -4.35. The van der Waals surface area contributed by atoms with Crippen LogP contribution in [0.4, 0.5) is 9.59 Å². The summed E-state index contributed by atoms with van der Waals surface area (Å²) in [5.74, 6) is -3.60. The maximum absolute atomic E-state index is 14.4. The Morgan fingerprint density at radius 1 is 0.870 bits per heavy atom. The van der Waals surface area contributed by atoms with Gasteiger partial charge in [0.1, 0.15) is 28.9 Å². The summed E-state index contributed by atoms with van der Waals surface area (Å²) in [5.41, 5.74) is 7.42. The average Bonchev–Trinajstić information content (AvgIpc) is 3.36. The number of amides is 2. The third kappa shape index (κ3) is 10.8. The molecule has 1 heterocycles. The van der Waals surface area contributed by atoms with E-state index in [0.29, 0.717) is 15.8 Å². The number of esters is 1. The van der Waals surface area contributed by atoms with E-state index in [-0.39, 0.29) is 21.9 Å². The van der Waals surface area contributed by atoms with E-state index in [1.54, 1.807) is 107 Å². The van der Waals surface area contributed by atoms with Crippen molar-refractivity contribution < 1.29 is 46.9 Å². The summed E-state index contributed by atoms with van der Waals surface area (Å²) in [4.78, 5) is 57.1. The van der Waals surface area contributed by atoms with Crippen molar-refractivity contribution in [3.05, 3.63) is 75.8 Å². The largest absolute Gasteiger partial charge is 0.481 e. The maximum atomic E-state index is 14.4. The fourth-order valence-electron chi connectivity index (χ4n) is 5.75. The first-order valence-corrected chi connectivity index (χ1v) is 18.8. The van der Waals surface area contributed by atoms with E-state index in [1.807, 2.05) is 0 Å². The van der Waals surface area contributed by atoms with Gasteiger partial charge in [-0.05, 0) is 110 Å². The number of carbonyl (C=O) groups is 4. The van der Waals surface area contributed by atoms with Gasteiger partial charge in [-0.25, -0.2) is 26.8 Å². The van der Waals surface area contributed by atoms with Crippen LogP contribution in [-0.2, 0) is 40.2 Å². The van der Waals surface area contributed by atoms with Crippen molar-refractivity contribution >= 4 is 45.1 Å². The topological polar surface area (TPSA) is 207 Å². The van der Waals surface area contributed by atoms with Crippen LogP contribution in [0.25, 0.3) is 21.3 Å². The van der Waals surface area contributed by atoms with Gasteiger partial charge in [-0.2, -0.15) is 4.90 Å². The van der Waals surface area contributed by atoms with E-state index in [0.717, 1.165) is 9.54 Å². The van der Waals surface area contributed by atoms with Crippen molar-refractivity contribution in [3.63, 3.8) is 0 Å². The molecule has 0 fully saturated rings. The fraction of sp³-hybridized carbons (Fsp3) is 0.526. The Morgan fingerprint density at radius 3 is 1.83 bits per heavy atom. The number of aryl methyl sites for hydroxylation is 1. The molecule has 1 N–H and O–H groups in total. The van der Waals surface area contributed by atoms with E-state index in [2.05, 4.69) is 10.0 Å². The number of rotatable bonds is 11. The number of benzene rings is 2. The van der Waals surface area contributed by atoms with Gasteiger partial charge < -0.3 is 19.3 Å². The molecule has 0 unspecified atom stereocenters. The van der Waals surface area contributed by atoms with E-state index in [1.165, 1.54) is 24.4 Å². The lowest BCUT2D eigenvalue weighted by molar-refractivity contribution is -0.161. The number of carboxylic acid groups (broad SMARTS) is 1. The van der Waals surface area contributed by atoms with Crippen LogP contribution in [0.3, 0.4) is 0 Å². The highest BCUT2D eigenvalue weighted by molar-refractivity contribution is 7.90. The summed E-state index contributed by atoms with van der Waals surface area (Å²) >= 11 is 0. The molecule has 3 rings (SSSR count). The smallest absolute Gasteiger partial charge is 0.420 e. The Morgan fingerprint density at radius 2 is 1.39 bits per heavy atom. The number of aliphatic carboxylic acids is 1. The molecule has 2 aromatic carbocycles. The number of hydrogen-bond donors (Lipinski definition) is 1. The summed E-state index contributed by atoms with van der Waals surface area (Å²) in [6, 6.07) is 7.57. The Hall–Kier alpha value is -5.08. The fourth-order valence-corrected chi connectivity index (χ4v) is 7.13. The highest BCUT2D eigenvalue weighted by Gasteiger charge is 2.43. The molecule has 3 aromatic rings. The molecule has 0 radical (unpaired) electrons. The van der Waals surface area contributed by atoms with Crippen LogP contribution in [0.15, 0.2) is 58.7 Å². The molecule has 16 heteroatoms. The number of fused-ring (bicyclic) bond motifs is 1. The average molecular weight is 770 g/mol. The van der Waals surface area contributed by atoms with Crippen molar-refractivity contribution in [1.82, 2.24) is 8.87 Å². The third-order valence-corrected chi connectivity index (χ3v) is 9.60. The minimum absolute atomic E-state index is 0.0623. The lowest BCUT2D eigenvalue weighted by Crippen LogP contribution is -2.54. The van der Waals surface area contributed by atoms with Gasteiger partial charge in [0, 0.05) is 28.8 Å². The molecule has 0 bridgehead atoms. The molecule has 15 nitrogen and oxygen atoms in total. The first-order chi connectivity index (χ1) is 24.7. The molecule has 3 atom stereocenters. The van der Waals surface area contributed by atoms with Gasteiger partial charge in [0.05, 0.1) is 10.4 Å². The molecule has 54 heavy (non-hydrogen) atoms. The van der Waals surface area contributed by atoms with E-state index in [4.69, 9.17) is 14.2 Å². The zero-order valence-electron chi connectivity index (χ0n) is 32.9. The van der Waals surface area contributed by atoms with Crippen molar-refractivity contribution in [2.75, 3.05) is 0 Å². The third-order valence-electron chi connectivity index (χ3n) is 7.91. The molecule has 0 aliphatic heterocycles. The predicted molar refractivity (Wildman–Crippen MR) is 201 cm³/mol. The number of ether oxygens (including phenoxy) is 3. The number of imide groups is 1. The molecule has 0 saturated heterocycles. The predicted octanol–water partition coefficient (Wildman–Crippen LogP) is 8.11. The Labute approximate surface area is 316 Å². The number of aromatic nitrogens is 1. The van der Waals surface area contributed by atoms with Crippen molar-refractivity contribution in [3.8, 4) is 0 Å².